The predicted molar refractivity (Wildman–Crippen MR) is 118 cm³/mol. The summed E-state index contributed by atoms with van der Waals surface area (Å²) in [7, 11) is 1.70. The van der Waals surface area contributed by atoms with Crippen LogP contribution in [0.3, 0.4) is 0 Å². The third kappa shape index (κ3) is 4.15. The summed E-state index contributed by atoms with van der Waals surface area (Å²) < 4.78 is 9.71. The predicted octanol–water partition coefficient (Wildman–Crippen LogP) is 4.41. The maximum Gasteiger partial charge on any atom is 0.222 e. The summed E-state index contributed by atoms with van der Waals surface area (Å²) in [5, 5.41) is 3.23. The number of imidazole rings is 1. The van der Waals surface area contributed by atoms with Gasteiger partial charge in [-0.15, -0.1) is 0 Å². The first kappa shape index (κ1) is 20.7. The van der Waals surface area contributed by atoms with Crippen molar-refractivity contribution < 1.29 is 9.53 Å². The van der Waals surface area contributed by atoms with E-state index in [1.807, 2.05) is 25.1 Å². The van der Waals surface area contributed by atoms with Gasteiger partial charge in [-0.05, 0) is 44.0 Å². The summed E-state index contributed by atoms with van der Waals surface area (Å²) in [5.41, 5.74) is 1.91. The lowest BCUT2D eigenvalue weighted by atomic mass is 9.78. The number of amides is 1. The van der Waals surface area contributed by atoms with E-state index in [1.54, 1.807) is 7.11 Å². The van der Waals surface area contributed by atoms with Gasteiger partial charge in [0.05, 0.1) is 35.6 Å². The molecule has 3 aromatic rings. The van der Waals surface area contributed by atoms with Crippen LogP contribution in [0.5, 0.6) is 0 Å². The Kier molecular flexibility index (Phi) is 6.23. The van der Waals surface area contributed by atoms with E-state index < -0.39 is 0 Å². The zero-order valence-electron chi connectivity index (χ0n) is 18.0. The molecule has 1 amide bonds. The summed E-state index contributed by atoms with van der Waals surface area (Å²) in [6, 6.07) is 12.0. The van der Waals surface area contributed by atoms with Crippen LogP contribution in [-0.4, -0.2) is 33.7 Å². The number of fused-ring (bicyclic) bond motifs is 1. The molecule has 0 aliphatic heterocycles. The second kappa shape index (κ2) is 9.04. The first-order valence-corrected chi connectivity index (χ1v) is 11.0. The van der Waals surface area contributed by atoms with E-state index in [-0.39, 0.29) is 17.5 Å². The van der Waals surface area contributed by atoms with E-state index in [2.05, 4.69) is 45.0 Å². The fraction of sp³-hybridized carbons (Fsp3) is 0.500. The number of benzene rings is 1. The van der Waals surface area contributed by atoms with Crippen LogP contribution in [0.4, 0.5) is 0 Å². The van der Waals surface area contributed by atoms with Crippen molar-refractivity contribution in [2.24, 2.45) is 0 Å². The molecular weight excluding hydrogens is 376 g/mol. The fourth-order valence-corrected chi connectivity index (χ4v) is 4.89. The van der Waals surface area contributed by atoms with Crippen LogP contribution >= 0.6 is 0 Å². The number of para-hydroxylation sites is 2. The summed E-state index contributed by atoms with van der Waals surface area (Å²) in [5.74, 6) is 0.962. The standard InChI is InChI=1S/C24H32N4O2/c1-19(23-26-20-10-4-5-11-21(20)28(23)16-17-30-2)25-22(29)18-24(12-6-3-7-13-24)27-14-8-9-15-27/h4-5,8-11,14-15,19H,3,6-7,12-13,16-18H2,1-2H3,(H,25,29)/t19-/m0/s1. The van der Waals surface area contributed by atoms with Gasteiger partial charge in [-0.3, -0.25) is 4.79 Å². The number of hydrogen-bond donors (Lipinski definition) is 1. The number of carbonyl (C=O) groups is 1. The minimum atomic E-state index is -0.174. The maximum absolute atomic E-state index is 13.1. The molecule has 1 aliphatic rings. The molecule has 6 nitrogen and oxygen atoms in total. The molecule has 1 atom stereocenters. The van der Waals surface area contributed by atoms with E-state index in [9.17, 15) is 4.79 Å². The normalized spacial score (nSPS) is 17.1. The number of carbonyl (C=O) groups excluding carboxylic acids is 1. The highest BCUT2D eigenvalue weighted by molar-refractivity contribution is 5.78. The maximum atomic E-state index is 13.1. The Morgan fingerprint density at radius 1 is 1.17 bits per heavy atom. The molecule has 1 fully saturated rings. The Labute approximate surface area is 178 Å². The highest BCUT2D eigenvalue weighted by Crippen LogP contribution is 2.38. The van der Waals surface area contributed by atoms with Crippen molar-refractivity contribution in [3.8, 4) is 0 Å². The molecule has 1 N–H and O–H groups in total. The molecular formula is C24H32N4O2. The van der Waals surface area contributed by atoms with Crippen LogP contribution < -0.4 is 5.32 Å². The van der Waals surface area contributed by atoms with E-state index >= 15 is 0 Å². The SMILES string of the molecule is COCCn1c([C@H](C)NC(=O)CC2(n3cccc3)CCCCC2)nc2ccccc21. The van der Waals surface area contributed by atoms with Gasteiger partial charge in [0.2, 0.25) is 5.91 Å². The molecule has 1 aromatic carbocycles. The van der Waals surface area contributed by atoms with Crippen molar-refractivity contribution >= 4 is 16.9 Å². The molecule has 1 saturated carbocycles. The minimum absolute atomic E-state index is 0.0865. The van der Waals surface area contributed by atoms with Crippen LogP contribution in [0.15, 0.2) is 48.8 Å². The van der Waals surface area contributed by atoms with Gasteiger partial charge in [-0.1, -0.05) is 31.4 Å². The molecule has 4 rings (SSSR count). The van der Waals surface area contributed by atoms with Crippen LogP contribution in [0.1, 0.15) is 57.3 Å². The zero-order chi connectivity index (χ0) is 21.0. The van der Waals surface area contributed by atoms with Crippen LogP contribution in [0, 0.1) is 0 Å². The minimum Gasteiger partial charge on any atom is -0.383 e. The number of rotatable bonds is 8. The second-order valence-electron chi connectivity index (χ2n) is 8.44. The molecule has 30 heavy (non-hydrogen) atoms. The molecule has 1 aliphatic carbocycles. The Morgan fingerprint density at radius 3 is 2.63 bits per heavy atom. The van der Waals surface area contributed by atoms with Crippen molar-refractivity contribution in [3.05, 3.63) is 54.6 Å². The van der Waals surface area contributed by atoms with E-state index in [0.29, 0.717) is 19.6 Å². The number of aromatic nitrogens is 3. The third-order valence-corrected chi connectivity index (χ3v) is 6.39. The lowest BCUT2D eigenvalue weighted by Crippen LogP contribution is -2.41. The van der Waals surface area contributed by atoms with Crippen LogP contribution in [-0.2, 0) is 21.6 Å². The lowest BCUT2D eigenvalue weighted by molar-refractivity contribution is -0.124. The lowest BCUT2D eigenvalue weighted by Gasteiger charge is -2.38. The average molecular weight is 409 g/mol. The van der Waals surface area contributed by atoms with Gasteiger partial charge in [0, 0.05) is 26.0 Å². The second-order valence-corrected chi connectivity index (χ2v) is 8.44. The van der Waals surface area contributed by atoms with Crippen molar-refractivity contribution in [1.29, 1.82) is 0 Å². The Bertz CT molecular complexity index is 970. The molecule has 0 spiro atoms. The molecule has 0 radical (unpaired) electrons. The number of hydrogen-bond acceptors (Lipinski definition) is 3. The van der Waals surface area contributed by atoms with Crippen molar-refractivity contribution in [3.63, 3.8) is 0 Å². The number of methoxy groups -OCH3 is 1. The van der Waals surface area contributed by atoms with Gasteiger partial charge in [0.25, 0.3) is 0 Å². The Hall–Kier alpha value is -2.60. The third-order valence-electron chi connectivity index (χ3n) is 6.39. The van der Waals surface area contributed by atoms with Crippen molar-refractivity contribution in [2.45, 2.75) is 63.6 Å². The fourth-order valence-electron chi connectivity index (χ4n) is 4.89. The van der Waals surface area contributed by atoms with Gasteiger partial charge < -0.3 is 19.2 Å². The summed E-state index contributed by atoms with van der Waals surface area (Å²) >= 11 is 0. The molecule has 2 heterocycles. The first-order valence-electron chi connectivity index (χ1n) is 11.0. The quantitative estimate of drug-likeness (QED) is 0.600. The van der Waals surface area contributed by atoms with Crippen LogP contribution in [0.2, 0.25) is 0 Å². The summed E-state index contributed by atoms with van der Waals surface area (Å²) in [6.07, 6.45) is 10.4. The van der Waals surface area contributed by atoms with Crippen LogP contribution in [0.25, 0.3) is 11.0 Å². The highest BCUT2D eigenvalue weighted by Gasteiger charge is 2.36. The molecule has 0 saturated heterocycles. The van der Waals surface area contributed by atoms with Gasteiger partial charge in [-0.25, -0.2) is 4.98 Å². The molecule has 0 unspecified atom stereocenters. The molecule has 160 valence electrons. The topological polar surface area (TPSA) is 61.1 Å². The van der Waals surface area contributed by atoms with Crippen molar-refractivity contribution in [1.82, 2.24) is 19.4 Å². The van der Waals surface area contributed by atoms with Gasteiger partial charge in [0.1, 0.15) is 5.82 Å². The van der Waals surface area contributed by atoms with E-state index in [0.717, 1.165) is 29.7 Å². The smallest absolute Gasteiger partial charge is 0.222 e. The number of ether oxygens (including phenoxy) is 1. The van der Waals surface area contributed by atoms with Gasteiger partial charge >= 0.3 is 0 Å². The summed E-state index contributed by atoms with van der Waals surface area (Å²) in [4.78, 5) is 18.0. The zero-order valence-corrected chi connectivity index (χ0v) is 18.0. The van der Waals surface area contributed by atoms with Gasteiger partial charge in [0.15, 0.2) is 0 Å². The monoisotopic (exact) mass is 408 g/mol. The Morgan fingerprint density at radius 2 is 1.90 bits per heavy atom. The number of nitrogens with one attached hydrogen (secondary N) is 1. The number of nitrogens with zero attached hydrogens (tertiary/aromatic N) is 3. The molecule has 2 aromatic heterocycles. The molecule has 6 heteroatoms. The Balaban J connectivity index is 1.53. The van der Waals surface area contributed by atoms with E-state index in [4.69, 9.17) is 9.72 Å². The largest absolute Gasteiger partial charge is 0.383 e. The van der Waals surface area contributed by atoms with Crippen molar-refractivity contribution in [2.75, 3.05) is 13.7 Å². The average Bonchev–Trinajstić information content (AvgIpc) is 3.41. The summed E-state index contributed by atoms with van der Waals surface area (Å²) in [6.45, 7) is 3.33. The first-order chi connectivity index (χ1) is 14.6. The van der Waals surface area contributed by atoms with E-state index in [1.165, 1.54) is 19.3 Å². The van der Waals surface area contributed by atoms with Gasteiger partial charge in [-0.2, -0.15) is 0 Å². The highest BCUT2D eigenvalue weighted by atomic mass is 16.5. The molecule has 0 bridgehead atoms.